The number of pyridine rings is 2. The van der Waals surface area contributed by atoms with Gasteiger partial charge in [0.25, 0.3) is 0 Å². The summed E-state index contributed by atoms with van der Waals surface area (Å²) in [5.74, 6) is 0.604. The summed E-state index contributed by atoms with van der Waals surface area (Å²) in [6.07, 6.45) is 5.29. The number of nitrogens with two attached hydrogens (primary N) is 1. The molecule has 0 unspecified atom stereocenters. The largest absolute Gasteiger partial charge is 0.492 e. The molecule has 0 bridgehead atoms. The number of hydrogen-bond acceptors (Lipinski definition) is 4. The fourth-order valence-electron chi connectivity index (χ4n) is 2.20. The van der Waals surface area contributed by atoms with Crippen molar-refractivity contribution < 1.29 is 4.74 Å². The number of anilines is 1. The standard InChI is InChI=1S/C15H13N3O/c1-19-15-13(16)6-8-18-14(15)12-4-2-3-10-9-17-7-5-11(10)12/h2-9H,1H3,(H2,16,18). The van der Waals surface area contributed by atoms with Gasteiger partial charge in [-0.1, -0.05) is 18.2 Å². The van der Waals surface area contributed by atoms with Crippen molar-refractivity contribution in [3.05, 3.63) is 48.9 Å². The fraction of sp³-hybridized carbons (Fsp3) is 0.0667. The van der Waals surface area contributed by atoms with E-state index in [1.807, 2.05) is 30.5 Å². The highest BCUT2D eigenvalue weighted by atomic mass is 16.5. The van der Waals surface area contributed by atoms with E-state index in [2.05, 4.69) is 9.97 Å². The van der Waals surface area contributed by atoms with Crippen molar-refractivity contribution in [2.24, 2.45) is 0 Å². The number of methoxy groups -OCH3 is 1. The van der Waals surface area contributed by atoms with E-state index in [4.69, 9.17) is 10.5 Å². The first kappa shape index (κ1) is 11.5. The van der Waals surface area contributed by atoms with Crippen LogP contribution in [0.25, 0.3) is 22.0 Å². The zero-order valence-electron chi connectivity index (χ0n) is 10.5. The van der Waals surface area contributed by atoms with E-state index >= 15 is 0 Å². The van der Waals surface area contributed by atoms with Crippen LogP contribution in [0.5, 0.6) is 5.75 Å². The van der Waals surface area contributed by atoms with Crippen LogP contribution in [0.15, 0.2) is 48.9 Å². The number of ether oxygens (including phenoxy) is 1. The van der Waals surface area contributed by atoms with Crippen molar-refractivity contribution >= 4 is 16.5 Å². The summed E-state index contributed by atoms with van der Waals surface area (Å²) in [6, 6.07) is 9.70. The first-order chi connectivity index (χ1) is 9.31. The van der Waals surface area contributed by atoms with Gasteiger partial charge in [-0.05, 0) is 17.5 Å². The minimum atomic E-state index is 0.582. The molecule has 2 N–H and O–H groups in total. The molecule has 0 saturated carbocycles. The number of rotatable bonds is 2. The zero-order valence-corrected chi connectivity index (χ0v) is 10.5. The molecule has 0 atom stereocenters. The van der Waals surface area contributed by atoms with Crippen molar-refractivity contribution in [1.82, 2.24) is 9.97 Å². The van der Waals surface area contributed by atoms with Gasteiger partial charge in [-0.3, -0.25) is 9.97 Å². The Labute approximate surface area is 110 Å². The van der Waals surface area contributed by atoms with Gasteiger partial charge in [-0.2, -0.15) is 0 Å². The molecule has 94 valence electrons. The molecule has 0 fully saturated rings. The second kappa shape index (κ2) is 4.57. The summed E-state index contributed by atoms with van der Waals surface area (Å²) < 4.78 is 5.38. The van der Waals surface area contributed by atoms with Gasteiger partial charge in [0, 0.05) is 29.5 Å². The smallest absolute Gasteiger partial charge is 0.168 e. The van der Waals surface area contributed by atoms with Gasteiger partial charge in [0.15, 0.2) is 5.75 Å². The van der Waals surface area contributed by atoms with Gasteiger partial charge < -0.3 is 10.5 Å². The SMILES string of the molecule is COc1c(N)ccnc1-c1cccc2cnccc12. The number of aromatic nitrogens is 2. The Bertz CT molecular complexity index is 735. The Kier molecular flexibility index (Phi) is 2.76. The van der Waals surface area contributed by atoms with Crippen molar-refractivity contribution in [3.63, 3.8) is 0 Å². The average Bonchev–Trinajstić information content (AvgIpc) is 2.46. The minimum Gasteiger partial charge on any atom is -0.492 e. The van der Waals surface area contributed by atoms with Gasteiger partial charge in [0.05, 0.1) is 12.8 Å². The van der Waals surface area contributed by atoms with Crippen LogP contribution in [0.3, 0.4) is 0 Å². The van der Waals surface area contributed by atoms with Crippen molar-refractivity contribution in [3.8, 4) is 17.0 Å². The first-order valence-electron chi connectivity index (χ1n) is 5.93. The molecular formula is C15H13N3O. The lowest BCUT2D eigenvalue weighted by atomic mass is 10.0. The zero-order chi connectivity index (χ0) is 13.2. The molecule has 2 heterocycles. The lowest BCUT2D eigenvalue weighted by Gasteiger charge is -2.11. The molecular weight excluding hydrogens is 238 g/mol. The second-order valence-corrected chi connectivity index (χ2v) is 4.18. The van der Waals surface area contributed by atoms with Crippen LogP contribution < -0.4 is 10.5 Å². The van der Waals surface area contributed by atoms with E-state index in [0.29, 0.717) is 11.4 Å². The van der Waals surface area contributed by atoms with E-state index in [9.17, 15) is 0 Å². The molecule has 0 aliphatic heterocycles. The van der Waals surface area contributed by atoms with Gasteiger partial charge in [-0.25, -0.2) is 0 Å². The maximum Gasteiger partial charge on any atom is 0.168 e. The molecule has 2 aromatic heterocycles. The third-order valence-electron chi connectivity index (χ3n) is 3.07. The lowest BCUT2D eigenvalue weighted by molar-refractivity contribution is 0.417. The van der Waals surface area contributed by atoms with Crippen LogP contribution in [-0.2, 0) is 0 Å². The summed E-state index contributed by atoms with van der Waals surface area (Å²) in [5, 5.41) is 2.14. The predicted octanol–water partition coefficient (Wildman–Crippen LogP) is 2.89. The molecule has 0 amide bonds. The average molecular weight is 251 g/mol. The highest BCUT2D eigenvalue weighted by Crippen LogP contribution is 2.36. The number of nitrogens with zero attached hydrogens (tertiary/aromatic N) is 2. The normalized spacial score (nSPS) is 10.6. The monoisotopic (exact) mass is 251 g/mol. The number of nitrogen functional groups attached to an aromatic ring is 1. The third-order valence-corrected chi connectivity index (χ3v) is 3.07. The van der Waals surface area contributed by atoms with E-state index in [1.165, 1.54) is 0 Å². The minimum absolute atomic E-state index is 0.582. The van der Waals surface area contributed by atoms with Crippen LogP contribution >= 0.6 is 0 Å². The molecule has 0 radical (unpaired) electrons. The highest BCUT2D eigenvalue weighted by molar-refractivity contribution is 5.97. The van der Waals surface area contributed by atoms with Crippen LogP contribution in [-0.4, -0.2) is 17.1 Å². The maximum atomic E-state index is 5.94. The maximum absolute atomic E-state index is 5.94. The van der Waals surface area contributed by atoms with Crippen LogP contribution in [0, 0.1) is 0 Å². The predicted molar refractivity (Wildman–Crippen MR) is 75.9 cm³/mol. The number of fused-ring (bicyclic) bond motifs is 1. The van der Waals surface area contributed by atoms with Gasteiger partial charge in [0.2, 0.25) is 0 Å². The Morgan fingerprint density at radius 3 is 2.84 bits per heavy atom. The summed E-state index contributed by atoms with van der Waals surface area (Å²) in [6.45, 7) is 0. The topological polar surface area (TPSA) is 61.0 Å². The molecule has 4 nitrogen and oxygen atoms in total. The van der Waals surface area contributed by atoms with Gasteiger partial charge in [0.1, 0.15) is 5.69 Å². The third kappa shape index (κ3) is 1.87. The summed E-state index contributed by atoms with van der Waals surface area (Å²) in [5.41, 5.74) is 8.26. The van der Waals surface area contributed by atoms with Crippen LogP contribution in [0.4, 0.5) is 5.69 Å². The molecule has 3 aromatic rings. The molecule has 1 aromatic carbocycles. The van der Waals surface area contributed by atoms with E-state index in [-0.39, 0.29) is 0 Å². The second-order valence-electron chi connectivity index (χ2n) is 4.18. The lowest BCUT2D eigenvalue weighted by Crippen LogP contribution is -1.97. The molecule has 0 aliphatic carbocycles. The summed E-state index contributed by atoms with van der Waals surface area (Å²) in [4.78, 5) is 8.54. The Hall–Kier alpha value is -2.62. The number of hydrogen-bond donors (Lipinski definition) is 1. The van der Waals surface area contributed by atoms with E-state index < -0.39 is 0 Å². The molecule has 4 heteroatoms. The highest BCUT2D eigenvalue weighted by Gasteiger charge is 2.12. The van der Waals surface area contributed by atoms with Crippen molar-refractivity contribution in [1.29, 1.82) is 0 Å². The molecule has 3 rings (SSSR count). The van der Waals surface area contributed by atoms with Crippen molar-refractivity contribution in [2.75, 3.05) is 12.8 Å². The molecule has 0 saturated heterocycles. The Balaban J connectivity index is 2.34. The Morgan fingerprint density at radius 2 is 2.00 bits per heavy atom. The molecule has 0 spiro atoms. The van der Waals surface area contributed by atoms with Gasteiger partial charge >= 0.3 is 0 Å². The van der Waals surface area contributed by atoms with Crippen LogP contribution in [0.2, 0.25) is 0 Å². The first-order valence-corrected chi connectivity index (χ1v) is 5.93. The van der Waals surface area contributed by atoms with E-state index in [1.54, 1.807) is 25.6 Å². The molecule has 0 aliphatic rings. The van der Waals surface area contributed by atoms with E-state index in [0.717, 1.165) is 22.0 Å². The fourth-order valence-corrected chi connectivity index (χ4v) is 2.20. The van der Waals surface area contributed by atoms with Gasteiger partial charge in [-0.15, -0.1) is 0 Å². The van der Waals surface area contributed by atoms with Crippen molar-refractivity contribution in [2.45, 2.75) is 0 Å². The summed E-state index contributed by atoms with van der Waals surface area (Å²) in [7, 11) is 1.60. The summed E-state index contributed by atoms with van der Waals surface area (Å²) >= 11 is 0. The quantitative estimate of drug-likeness (QED) is 0.760. The van der Waals surface area contributed by atoms with Crippen LogP contribution in [0.1, 0.15) is 0 Å². The Morgan fingerprint density at radius 1 is 1.11 bits per heavy atom. The molecule has 19 heavy (non-hydrogen) atoms. The number of benzene rings is 1.